The van der Waals surface area contributed by atoms with Gasteiger partial charge in [-0.25, -0.2) is 9.97 Å². The first-order chi connectivity index (χ1) is 13.6. The van der Waals surface area contributed by atoms with Crippen LogP contribution in [0.3, 0.4) is 0 Å². The van der Waals surface area contributed by atoms with E-state index >= 15 is 0 Å². The molecule has 3 aromatic rings. The summed E-state index contributed by atoms with van der Waals surface area (Å²) in [7, 11) is 1.60. The van der Waals surface area contributed by atoms with E-state index in [-0.39, 0.29) is 11.6 Å². The molecule has 2 N–H and O–H groups in total. The molecule has 3 rings (SSSR count). The Bertz CT molecular complexity index is 975. The minimum absolute atomic E-state index is 0.254. The Hall–Kier alpha value is -3.61. The van der Waals surface area contributed by atoms with Gasteiger partial charge in [-0.3, -0.25) is 4.79 Å². The van der Waals surface area contributed by atoms with Crippen LogP contribution in [-0.2, 0) is 0 Å². The summed E-state index contributed by atoms with van der Waals surface area (Å²) in [5, 5.41) is 5.95. The zero-order chi connectivity index (χ0) is 19.9. The molecule has 28 heavy (non-hydrogen) atoms. The van der Waals surface area contributed by atoms with Gasteiger partial charge in [-0.15, -0.1) is 0 Å². The van der Waals surface area contributed by atoms with Crippen LogP contribution in [0.2, 0.25) is 0 Å². The second-order valence-electron chi connectivity index (χ2n) is 5.96. The number of amides is 1. The Morgan fingerprint density at radius 1 is 1.07 bits per heavy atom. The summed E-state index contributed by atoms with van der Waals surface area (Å²) < 4.78 is 10.8. The number of nitrogens with one attached hydrogen (secondary N) is 2. The number of aromatic nitrogens is 2. The van der Waals surface area contributed by atoms with Crippen molar-refractivity contribution in [2.75, 3.05) is 24.4 Å². The monoisotopic (exact) mass is 378 g/mol. The number of benzene rings is 2. The predicted octanol–water partition coefficient (Wildman–Crippen LogP) is 4.19. The van der Waals surface area contributed by atoms with Crippen molar-refractivity contribution in [3.8, 4) is 11.5 Å². The van der Waals surface area contributed by atoms with Gasteiger partial charge in [0.15, 0.2) is 0 Å². The standard InChI is InChI=1S/C21H22N4O3/c1-4-28-19-11-6-5-10-17(19)24-20(26)18-12-14(2)22-21(25-18)23-15-8-7-9-16(13-15)27-3/h5-13H,4H2,1-3H3,(H,24,26)(H,22,23,25). The fourth-order valence-electron chi connectivity index (χ4n) is 2.61. The van der Waals surface area contributed by atoms with E-state index in [0.29, 0.717) is 35.4 Å². The lowest BCUT2D eigenvalue weighted by Gasteiger charge is -2.12. The summed E-state index contributed by atoms with van der Waals surface area (Å²) in [6.07, 6.45) is 0. The van der Waals surface area contributed by atoms with Gasteiger partial charge in [-0.1, -0.05) is 18.2 Å². The van der Waals surface area contributed by atoms with Gasteiger partial charge in [-0.2, -0.15) is 0 Å². The number of anilines is 3. The van der Waals surface area contributed by atoms with Gasteiger partial charge >= 0.3 is 0 Å². The van der Waals surface area contributed by atoms with Crippen molar-refractivity contribution in [3.05, 3.63) is 66.0 Å². The van der Waals surface area contributed by atoms with Gasteiger partial charge in [0.05, 0.1) is 19.4 Å². The molecule has 7 heteroatoms. The molecule has 0 aliphatic rings. The number of hydrogen-bond donors (Lipinski definition) is 2. The molecule has 0 atom stereocenters. The largest absolute Gasteiger partial charge is 0.497 e. The minimum atomic E-state index is -0.341. The first-order valence-electron chi connectivity index (χ1n) is 8.89. The molecule has 0 fully saturated rings. The Kier molecular flexibility index (Phi) is 6.06. The van der Waals surface area contributed by atoms with Gasteiger partial charge in [0, 0.05) is 17.4 Å². The van der Waals surface area contributed by atoms with Crippen molar-refractivity contribution < 1.29 is 14.3 Å². The van der Waals surface area contributed by atoms with E-state index in [1.54, 1.807) is 25.3 Å². The van der Waals surface area contributed by atoms with E-state index in [4.69, 9.17) is 9.47 Å². The second-order valence-corrected chi connectivity index (χ2v) is 5.96. The number of aryl methyl sites for hydroxylation is 1. The summed E-state index contributed by atoms with van der Waals surface area (Å²) >= 11 is 0. The lowest BCUT2D eigenvalue weighted by molar-refractivity contribution is 0.102. The van der Waals surface area contributed by atoms with Crippen molar-refractivity contribution in [1.82, 2.24) is 9.97 Å². The number of ether oxygens (including phenoxy) is 2. The lowest BCUT2D eigenvalue weighted by atomic mass is 10.2. The zero-order valence-corrected chi connectivity index (χ0v) is 16.0. The van der Waals surface area contributed by atoms with E-state index in [0.717, 1.165) is 5.69 Å². The number of rotatable bonds is 7. The van der Waals surface area contributed by atoms with Crippen LogP contribution in [0.15, 0.2) is 54.6 Å². The van der Waals surface area contributed by atoms with Crippen LogP contribution in [0.1, 0.15) is 23.1 Å². The van der Waals surface area contributed by atoms with Crippen molar-refractivity contribution >= 4 is 23.2 Å². The van der Waals surface area contributed by atoms with Crippen LogP contribution in [0, 0.1) is 6.92 Å². The van der Waals surface area contributed by atoms with Crippen LogP contribution in [0.5, 0.6) is 11.5 Å². The fourth-order valence-corrected chi connectivity index (χ4v) is 2.61. The van der Waals surface area contributed by atoms with E-state index < -0.39 is 0 Å². The third-order valence-electron chi connectivity index (χ3n) is 3.85. The molecule has 0 bridgehead atoms. The van der Waals surface area contributed by atoms with Crippen LogP contribution in [0.25, 0.3) is 0 Å². The highest BCUT2D eigenvalue weighted by Gasteiger charge is 2.13. The van der Waals surface area contributed by atoms with Gasteiger partial charge in [0.1, 0.15) is 17.2 Å². The van der Waals surface area contributed by atoms with Crippen LogP contribution in [-0.4, -0.2) is 29.6 Å². The summed E-state index contributed by atoms with van der Waals surface area (Å²) in [6, 6.07) is 16.3. The third kappa shape index (κ3) is 4.76. The maximum absolute atomic E-state index is 12.7. The van der Waals surface area contributed by atoms with Gasteiger partial charge < -0.3 is 20.1 Å². The maximum Gasteiger partial charge on any atom is 0.274 e. The third-order valence-corrected chi connectivity index (χ3v) is 3.85. The average molecular weight is 378 g/mol. The number of methoxy groups -OCH3 is 1. The van der Waals surface area contributed by atoms with Crippen LogP contribution in [0.4, 0.5) is 17.3 Å². The number of nitrogens with zero attached hydrogens (tertiary/aromatic N) is 2. The minimum Gasteiger partial charge on any atom is -0.497 e. The first-order valence-corrected chi connectivity index (χ1v) is 8.89. The Morgan fingerprint density at radius 2 is 1.89 bits per heavy atom. The zero-order valence-electron chi connectivity index (χ0n) is 16.0. The maximum atomic E-state index is 12.7. The van der Waals surface area contributed by atoms with Crippen molar-refractivity contribution in [2.24, 2.45) is 0 Å². The molecule has 2 aromatic carbocycles. The van der Waals surface area contributed by atoms with Crippen LogP contribution < -0.4 is 20.1 Å². The van der Waals surface area contributed by atoms with E-state index in [2.05, 4.69) is 20.6 Å². The molecule has 0 spiro atoms. The molecule has 0 radical (unpaired) electrons. The molecule has 1 amide bonds. The van der Waals surface area contributed by atoms with Crippen LogP contribution >= 0.6 is 0 Å². The molecule has 1 aromatic heterocycles. The number of carbonyl (C=O) groups excluding carboxylic acids is 1. The van der Waals surface area contributed by atoms with E-state index in [1.807, 2.05) is 50.2 Å². The van der Waals surface area contributed by atoms with Gasteiger partial charge in [-0.05, 0) is 44.2 Å². The molecular formula is C21H22N4O3. The predicted molar refractivity (Wildman–Crippen MR) is 109 cm³/mol. The van der Waals surface area contributed by atoms with Gasteiger partial charge in [0.2, 0.25) is 5.95 Å². The quantitative estimate of drug-likeness (QED) is 0.641. The molecular weight excluding hydrogens is 356 g/mol. The Balaban J connectivity index is 1.81. The lowest BCUT2D eigenvalue weighted by Crippen LogP contribution is -2.16. The molecule has 0 unspecified atom stereocenters. The van der Waals surface area contributed by atoms with Crippen molar-refractivity contribution in [2.45, 2.75) is 13.8 Å². The van der Waals surface area contributed by atoms with E-state index in [1.165, 1.54) is 0 Å². The molecule has 1 heterocycles. The normalized spacial score (nSPS) is 10.2. The molecule has 0 saturated heterocycles. The number of carbonyl (C=O) groups is 1. The highest BCUT2D eigenvalue weighted by molar-refractivity contribution is 6.03. The molecule has 144 valence electrons. The Labute approximate surface area is 163 Å². The number of hydrogen-bond acceptors (Lipinski definition) is 6. The number of para-hydroxylation sites is 2. The SMILES string of the molecule is CCOc1ccccc1NC(=O)c1cc(C)nc(Nc2cccc(OC)c2)n1. The summed E-state index contributed by atoms with van der Waals surface area (Å²) in [6.45, 7) is 4.21. The molecule has 0 saturated carbocycles. The molecule has 0 aliphatic heterocycles. The average Bonchev–Trinajstić information content (AvgIpc) is 2.69. The molecule has 7 nitrogen and oxygen atoms in total. The Morgan fingerprint density at radius 3 is 2.68 bits per heavy atom. The smallest absolute Gasteiger partial charge is 0.274 e. The molecule has 0 aliphatic carbocycles. The van der Waals surface area contributed by atoms with Crippen molar-refractivity contribution in [1.29, 1.82) is 0 Å². The fraction of sp³-hybridized carbons (Fsp3) is 0.190. The summed E-state index contributed by atoms with van der Waals surface area (Å²) in [4.78, 5) is 21.4. The highest BCUT2D eigenvalue weighted by atomic mass is 16.5. The first kappa shape index (κ1) is 19.2. The summed E-state index contributed by atoms with van der Waals surface area (Å²) in [5.74, 6) is 1.31. The topological polar surface area (TPSA) is 85.4 Å². The summed E-state index contributed by atoms with van der Waals surface area (Å²) in [5.41, 5.74) is 2.28. The van der Waals surface area contributed by atoms with E-state index in [9.17, 15) is 4.79 Å². The van der Waals surface area contributed by atoms with Gasteiger partial charge in [0.25, 0.3) is 5.91 Å². The second kappa shape index (κ2) is 8.85. The van der Waals surface area contributed by atoms with Crippen molar-refractivity contribution in [3.63, 3.8) is 0 Å². The highest BCUT2D eigenvalue weighted by Crippen LogP contribution is 2.24.